The lowest BCUT2D eigenvalue weighted by Gasteiger charge is -2.35. The third-order valence-corrected chi connectivity index (χ3v) is 4.32. The maximum absolute atomic E-state index is 12.3. The van der Waals surface area contributed by atoms with Crippen LogP contribution in [0.3, 0.4) is 0 Å². The average molecular weight is 341 g/mol. The van der Waals surface area contributed by atoms with Crippen molar-refractivity contribution >= 4 is 27.5 Å². The molecule has 0 bridgehead atoms. The summed E-state index contributed by atoms with van der Waals surface area (Å²) in [5, 5.41) is 12.2. The van der Waals surface area contributed by atoms with Crippen LogP contribution >= 0.6 is 15.9 Å². The Kier molecular flexibility index (Phi) is 5.57. The molecule has 1 heterocycles. The van der Waals surface area contributed by atoms with Gasteiger partial charge in [0.15, 0.2) is 0 Å². The highest BCUT2D eigenvalue weighted by molar-refractivity contribution is 9.10. The summed E-state index contributed by atoms with van der Waals surface area (Å²) in [5.74, 6) is 0.298. The van der Waals surface area contributed by atoms with Gasteiger partial charge in [-0.15, -0.1) is 0 Å². The topological polar surface area (TPSA) is 52.6 Å². The summed E-state index contributed by atoms with van der Waals surface area (Å²) < 4.78 is 0.946. The molecule has 1 aliphatic rings. The highest BCUT2D eigenvalue weighted by atomic mass is 79.9. The van der Waals surface area contributed by atoms with Crippen molar-refractivity contribution in [2.75, 3.05) is 25.0 Å². The van der Waals surface area contributed by atoms with Gasteiger partial charge >= 0.3 is 0 Å². The van der Waals surface area contributed by atoms with E-state index in [1.165, 1.54) is 0 Å². The van der Waals surface area contributed by atoms with Crippen molar-refractivity contribution in [2.45, 2.75) is 25.8 Å². The number of hydrogen-bond acceptors (Lipinski definition) is 3. The van der Waals surface area contributed by atoms with Crippen molar-refractivity contribution in [3.8, 4) is 0 Å². The lowest BCUT2D eigenvalue weighted by molar-refractivity contribution is -0.121. The molecule has 1 fully saturated rings. The summed E-state index contributed by atoms with van der Waals surface area (Å²) in [6.07, 6.45) is 2.09. The van der Waals surface area contributed by atoms with E-state index in [1.807, 2.05) is 31.2 Å². The monoisotopic (exact) mass is 340 g/mol. The van der Waals surface area contributed by atoms with Gasteiger partial charge in [-0.05, 0) is 50.4 Å². The Morgan fingerprint density at radius 3 is 3.10 bits per heavy atom. The summed E-state index contributed by atoms with van der Waals surface area (Å²) >= 11 is 3.39. The second-order valence-corrected chi connectivity index (χ2v) is 6.28. The van der Waals surface area contributed by atoms with E-state index in [-0.39, 0.29) is 18.6 Å². The number of aliphatic hydroxyl groups excluding tert-OH is 1. The first kappa shape index (κ1) is 15.5. The van der Waals surface area contributed by atoms with E-state index in [0.29, 0.717) is 5.92 Å². The second-order valence-electron chi connectivity index (χ2n) is 5.36. The molecule has 2 unspecified atom stereocenters. The minimum Gasteiger partial charge on any atom is -0.396 e. The molecule has 2 rings (SSSR count). The van der Waals surface area contributed by atoms with E-state index >= 15 is 0 Å². The number of amides is 1. The molecule has 0 aliphatic carbocycles. The molecular weight excluding hydrogens is 320 g/mol. The van der Waals surface area contributed by atoms with Crippen LogP contribution in [0.25, 0.3) is 0 Å². The number of benzene rings is 1. The van der Waals surface area contributed by atoms with Gasteiger partial charge in [0.1, 0.15) is 0 Å². The summed E-state index contributed by atoms with van der Waals surface area (Å²) in [7, 11) is 0. The lowest BCUT2D eigenvalue weighted by atomic mass is 9.97. The molecular formula is C15H21BrN2O2. The van der Waals surface area contributed by atoms with E-state index in [0.717, 1.165) is 36.1 Å². The van der Waals surface area contributed by atoms with E-state index in [4.69, 9.17) is 0 Å². The van der Waals surface area contributed by atoms with Crippen LogP contribution in [-0.2, 0) is 4.79 Å². The number of likely N-dealkylation sites (tertiary alicyclic amines) is 1. The van der Waals surface area contributed by atoms with E-state index in [1.54, 1.807) is 0 Å². The first-order valence-electron chi connectivity index (χ1n) is 7.01. The molecule has 1 amide bonds. The Morgan fingerprint density at radius 2 is 2.40 bits per heavy atom. The molecule has 0 saturated carbocycles. The molecule has 110 valence electrons. The number of halogens is 1. The van der Waals surface area contributed by atoms with Crippen molar-refractivity contribution in [2.24, 2.45) is 5.92 Å². The minimum absolute atomic E-state index is 0.00156. The van der Waals surface area contributed by atoms with Crippen LogP contribution < -0.4 is 5.32 Å². The highest BCUT2D eigenvalue weighted by Gasteiger charge is 2.27. The van der Waals surface area contributed by atoms with E-state index in [9.17, 15) is 9.90 Å². The molecule has 20 heavy (non-hydrogen) atoms. The molecule has 5 heteroatoms. The molecule has 0 spiro atoms. The van der Waals surface area contributed by atoms with Crippen molar-refractivity contribution in [1.29, 1.82) is 0 Å². The lowest BCUT2D eigenvalue weighted by Crippen LogP contribution is -2.47. The smallest absolute Gasteiger partial charge is 0.241 e. The first-order valence-corrected chi connectivity index (χ1v) is 7.81. The number of aliphatic hydroxyl groups is 1. The molecule has 2 atom stereocenters. The van der Waals surface area contributed by atoms with Crippen LogP contribution in [0.5, 0.6) is 0 Å². The Balaban J connectivity index is 1.94. The van der Waals surface area contributed by atoms with Crippen molar-refractivity contribution < 1.29 is 9.90 Å². The Morgan fingerprint density at radius 1 is 1.60 bits per heavy atom. The average Bonchev–Trinajstić information content (AvgIpc) is 2.46. The number of hydrogen-bond donors (Lipinski definition) is 2. The quantitative estimate of drug-likeness (QED) is 0.885. The zero-order chi connectivity index (χ0) is 14.5. The largest absolute Gasteiger partial charge is 0.396 e. The van der Waals surface area contributed by atoms with Gasteiger partial charge in [0.2, 0.25) is 5.91 Å². The van der Waals surface area contributed by atoms with Crippen LogP contribution in [0.15, 0.2) is 28.7 Å². The maximum atomic E-state index is 12.3. The Bertz CT molecular complexity index is 467. The zero-order valence-corrected chi connectivity index (χ0v) is 13.3. The summed E-state index contributed by atoms with van der Waals surface area (Å²) in [6.45, 7) is 3.84. The van der Waals surface area contributed by atoms with Crippen LogP contribution in [0.1, 0.15) is 19.8 Å². The summed E-state index contributed by atoms with van der Waals surface area (Å²) in [5.41, 5.74) is 0.798. The molecule has 0 radical (unpaired) electrons. The van der Waals surface area contributed by atoms with Crippen molar-refractivity contribution in [1.82, 2.24) is 4.90 Å². The normalized spacial score (nSPS) is 21.4. The van der Waals surface area contributed by atoms with Crippen molar-refractivity contribution in [3.05, 3.63) is 28.7 Å². The van der Waals surface area contributed by atoms with Crippen LogP contribution in [0.2, 0.25) is 0 Å². The van der Waals surface area contributed by atoms with Gasteiger partial charge in [0, 0.05) is 23.3 Å². The molecule has 0 aromatic heterocycles. The van der Waals surface area contributed by atoms with E-state index < -0.39 is 0 Å². The van der Waals surface area contributed by atoms with Gasteiger partial charge in [-0.2, -0.15) is 0 Å². The molecule has 4 nitrogen and oxygen atoms in total. The minimum atomic E-state index is -0.177. The van der Waals surface area contributed by atoms with Crippen molar-refractivity contribution in [3.63, 3.8) is 0 Å². The molecule has 1 aromatic rings. The number of carbonyl (C=O) groups excluding carboxylic acids is 1. The fourth-order valence-electron chi connectivity index (χ4n) is 2.58. The number of nitrogens with zero attached hydrogens (tertiary/aromatic N) is 1. The molecule has 1 aromatic carbocycles. The predicted molar refractivity (Wildman–Crippen MR) is 83.6 cm³/mol. The fraction of sp³-hybridized carbons (Fsp3) is 0.533. The molecule has 1 aliphatic heterocycles. The van der Waals surface area contributed by atoms with Crippen LogP contribution in [-0.4, -0.2) is 41.7 Å². The zero-order valence-electron chi connectivity index (χ0n) is 11.7. The third kappa shape index (κ3) is 4.04. The number of carbonyl (C=O) groups is 1. The van der Waals surface area contributed by atoms with E-state index in [2.05, 4.69) is 26.1 Å². The van der Waals surface area contributed by atoms with Gasteiger partial charge in [-0.25, -0.2) is 0 Å². The third-order valence-electron chi connectivity index (χ3n) is 3.83. The summed E-state index contributed by atoms with van der Waals surface area (Å²) in [6, 6.07) is 7.41. The van der Waals surface area contributed by atoms with Crippen LogP contribution in [0, 0.1) is 5.92 Å². The van der Waals surface area contributed by atoms with Crippen LogP contribution in [0.4, 0.5) is 5.69 Å². The van der Waals surface area contributed by atoms with Gasteiger partial charge in [-0.3, -0.25) is 9.69 Å². The first-order chi connectivity index (χ1) is 9.60. The fourth-order valence-corrected chi connectivity index (χ4v) is 2.98. The van der Waals surface area contributed by atoms with Gasteiger partial charge in [0.25, 0.3) is 0 Å². The molecule has 2 N–H and O–H groups in total. The number of anilines is 1. The molecule has 1 saturated heterocycles. The maximum Gasteiger partial charge on any atom is 0.241 e. The highest BCUT2D eigenvalue weighted by Crippen LogP contribution is 2.20. The standard InChI is InChI=1S/C15H21BrN2O2/c1-11(18-7-3-4-12(9-18)10-19)15(20)17-14-6-2-5-13(16)8-14/h2,5-6,8,11-12,19H,3-4,7,9-10H2,1H3,(H,17,20). The second kappa shape index (κ2) is 7.20. The summed E-state index contributed by atoms with van der Waals surface area (Å²) in [4.78, 5) is 14.4. The number of nitrogens with one attached hydrogen (secondary N) is 1. The van der Waals surface area contributed by atoms with Gasteiger partial charge in [0.05, 0.1) is 6.04 Å². The predicted octanol–water partition coefficient (Wildman–Crippen LogP) is 2.48. The Hall–Kier alpha value is -0.910. The number of piperidine rings is 1. The number of rotatable bonds is 4. The van der Waals surface area contributed by atoms with Gasteiger partial charge in [-0.1, -0.05) is 22.0 Å². The SMILES string of the molecule is CC(C(=O)Nc1cccc(Br)c1)N1CCCC(CO)C1. The van der Waals surface area contributed by atoms with Gasteiger partial charge < -0.3 is 10.4 Å². The Labute approximate surface area is 128 Å².